The Bertz CT molecular complexity index is 556. The molecule has 0 aliphatic heterocycles. The van der Waals surface area contributed by atoms with E-state index in [0.29, 0.717) is 0 Å². The molecule has 1 aliphatic carbocycles. The van der Waals surface area contributed by atoms with E-state index in [1.165, 1.54) is 16.3 Å². The van der Waals surface area contributed by atoms with Crippen molar-refractivity contribution in [1.29, 1.82) is 0 Å². The third-order valence-corrected chi connectivity index (χ3v) is 3.47. The van der Waals surface area contributed by atoms with Crippen LogP contribution in [-0.2, 0) is 6.42 Å². The van der Waals surface area contributed by atoms with Gasteiger partial charge in [0.15, 0.2) is 0 Å². The van der Waals surface area contributed by atoms with Crippen LogP contribution in [0.3, 0.4) is 0 Å². The van der Waals surface area contributed by atoms with E-state index in [0.717, 1.165) is 25.0 Å². The highest BCUT2D eigenvalue weighted by molar-refractivity contribution is 5.84. The minimum atomic E-state index is -0.417. The van der Waals surface area contributed by atoms with Gasteiger partial charge in [0.1, 0.15) is 5.75 Å². The highest BCUT2D eigenvalue weighted by Gasteiger charge is 2.39. The molecule has 0 heterocycles. The van der Waals surface area contributed by atoms with Crippen molar-refractivity contribution >= 4 is 10.8 Å². The van der Waals surface area contributed by atoms with Gasteiger partial charge in [0, 0.05) is 6.42 Å². The average molecular weight is 228 g/mol. The lowest BCUT2D eigenvalue weighted by Crippen LogP contribution is -2.10. The fourth-order valence-electron chi connectivity index (χ4n) is 2.21. The first-order valence-electron chi connectivity index (χ1n) is 5.98. The van der Waals surface area contributed by atoms with Crippen LogP contribution in [-0.4, -0.2) is 17.8 Å². The summed E-state index contributed by atoms with van der Waals surface area (Å²) in [5.74, 6) is 0.881. The van der Waals surface area contributed by atoms with Crippen LogP contribution in [0.1, 0.15) is 18.4 Å². The van der Waals surface area contributed by atoms with E-state index in [2.05, 4.69) is 24.3 Å². The Morgan fingerprint density at radius 3 is 2.53 bits per heavy atom. The molecule has 1 fully saturated rings. The molecule has 0 bridgehead atoms. The normalized spacial score (nSPS) is 17.1. The second kappa shape index (κ2) is 3.74. The van der Waals surface area contributed by atoms with Crippen LogP contribution >= 0.6 is 0 Å². The molecular formula is C15H16O2. The van der Waals surface area contributed by atoms with Crippen LogP contribution in [0.5, 0.6) is 5.75 Å². The van der Waals surface area contributed by atoms with Crippen molar-refractivity contribution in [3.8, 4) is 5.75 Å². The van der Waals surface area contributed by atoms with E-state index in [1.807, 2.05) is 12.1 Å². The number of hydrogen-bond acceptors (Lipinski definition) is 2. The SMILES string of the molecule is COc1ccc2cc(CC3(O)CC3)ccc2c1. The summed E-state index contributed by atoms with van der Waals surface area (Å²) in [6.45, 7) is 0. The summed E-state index contributed by atoms with van der Waals surface area (Å²) in [5, 5.41) is 12.3. The molecule has 1 saturated carbocycles. The molecule has 3 rings (SSSR count). The molecule has 0 spiro atoms. The molecule has 0 radical (unpaired) electrons. The molecule has 0 aromatic heterocycles. The number of ether oxygens (including phenoxy) is 1. The average Bonchev–Trinajstić information content (AvgIpc) is 3.06. The second-order valence-electron chi connectivity index (χ2n) is 4.95. The van der Waals surface area contributed by atoms with Crippen molar-refractivity contribution in [1.82, 2.24) is 0 Å². The molecule has 2 nitrogen and oxygen atoms in total. The van der Waals surface area contributed by atoms with Gasteiger partial charge in [-0.05, 0) is 41.3 Å². The summed E-state index contributed by atoms with van der Waals surface area (Å²) in [6, 6.07) is 12.4. The van der Waals surface area contributed by atoms with Gasteiger partial charge in [-0.15, -0.1) is 0 Å². The Balaban J connectivity index is 1.95. The van der Waals surface area contributed by atoms with E-state index in [1.54, 1.807) is 7.11 Å². The summed E-state index contributed by atoms with van der Waals surface area (Å²) in [6.07, 6.45) is 2.65. The Hall–Kier alpha value is -1.54. The fourth-order valence-corrected chi connectivity index (χ4v) is 2.21. The molecule has 88 valence electrons. The molecule has 1 N–H and O–H groups in total. The maximum Gasteiger partial charge on any atom is 0.119 e. The van der Waals surface area contributed by atoms with Gasteiger partial charge < -0.3 is 9.84 Å². The van der Waals surface area contributed by atoms with Crippen LogP contribution in [0.25, 0.3) is 10.8 Å². The first-order chi connectivity index (χ1) is 8.18. The first-order valence-corrected chi connectivity index (χ1v) is 5.98. The highest BCUT2D eigenvalue weighted by atomic mass is 16.5. The van der Waals surface area contributed by atoms with Crippen LogP contribution in [0, 0.1) is 0 Å². The van der Waals surface area contributed by atoms with E-state index in [-0.39, 0.29) is 0 Å². The number of rotatable bonds is 3. The Morgan fingerprint density at radius 2 is 1.82 bits per heavy atom. The lowest BCUT2D eigenvalue weighted by molar-refractivity contribution is 0.151. The van der Waals surface area contributed by atoms with E-state index in [4.69, 9.17) is 4.74 Å². The van der Waals surface area contributed by atoms with Gasteiger partial charge in [0.25, 0.3) is 0 Å². The minimum Gasteiger partial charge on any atom is -0.497 e. The second-order valence-corrected chi connectivity index (χ2v) is 4.95. The van der Waals surface area contributed by atoms with E-state index < -0.39 is 5.60 Å². The summed E-state index contributed by atoms with van der Waals surface area (Å²) < 4.78 is 5.20. The molecule has 17 heavy (non-hydrogen) atoms. The van der Waals surface area contributed by atoms with Crippen LogP contribution in [0.4, 0.5) is 0 Å². The summed E-state index contributed by atoms with van der Waals surface area (Å²) in [7, 11) is 1.68. The number of fused-ring (bicyclic) bond motifs is 1. The van der Waals surface area contributed by atoms with Crippen molar-refractivity contribution in [2.24, 2.45) is 0 Å². The van der Waals surface area contributed by atoms with Gasteiger partial charge in [-0.3, -0.25) is 0 Å². The number of methoxy groups -OCH3 is 1. The smallest absolute Gasteiger partial charge is 0.119 e. The van der Waals surface area contributed by atoms with Crippen molar-refractivity contribution in [2.45, 2.75) is 24.9 Å². The molecule has 2 aromatic carbocycles. The quantitative estimate of drug-likeness (QED) is 0.875. The van der Waals surface area contributed by atoms with Crippen molar-refractivity contribution in [2.75, 3.05) is 7.11 Å². The zero-order chi connectivity index (χ0) is 11.9. The fraction of sp³-hybridized carbons (Fsp3) is 0.333. The third kappa shape index (κ3) is 2.13. The van der Waals surface area contributed by atoms with Crippen LogP contribution in [0.15, 0.2) is 36.4 Å². The maximum atomic E-state index is 9.92. The standard InChI is InChI=1S/C15H16O2/c1-17-14-5-4-12-8-11(2-3-13(12)9-14)10-15(16)6-7-15/h2-5,8-9,16H,6-7,10H2,1H3. The largest absolute Gasteiger partial charge is 0.497 e. The topological polar surface area (TPSA) is 29.5 Å². The lowest BCUT2D eigenvalue weighted by atomic mass is 10.0. The predicted octanol–water partition coefficient (Wildman–Crippen LogP) is 2.92. The molecule has 0 unspecified atom stereocenters. The van der Waals surface area contributed by atoms with Gasteiger partial charge >= 0.3 is 0 Å². The Kier molecular flexibility index (Phi) is 2.33. The Labute approximate surface area is 101 Å². The molecule has 0 atom stereocenters. The highest BCUT2D eigenvalue weighted by Crippen LogP contribution is 2.38. The molecule has 2 heteroatoms. The monoisotopic (exact) mass is 228 g/mol. The molecular weight excluding hydrogens is 212 g/mol. The molecule has 2 aromatic rings. The molecule has 1 aliphatic rings. The minimum absolute atomic E-state index is 0.417. The van der Waals surface area contributed by atoms with E-state index >= 15 is 0 Å². The van der Waals surface area contributed by atoms with Gasteiger partial charge in [0.2, 0.25) is 0 Å². The number of benzene rings is 2. The van der Waals surface area contributed by atoms with E-state index in [9.17, 15) is 5.11 Å². The number of aliphatic hydroxyl groups is 1. The van der Waals surface area contributed by atoms with Crippen molar-refractivity contribution in [3.63, 3.8) is 0 Å². The predicted molar refractivity (Wildman–Crippen MR) is 68.4 cm³/mol. The van der Waals surface area contributed by atoms with Crippen LogP contribution < -0.4 is 4.74 Å². The molecule has 0 amide bonds. The summed E-state index contributed by atoms with van der Waals surface area (Å²) >= 11 is 0. The van der Waals surface area contributed by atoms with Crippen molar-refractivity contribution < 1.29 is 9.84 Å². The third-order valence-electron chi connectivity index (χ3n) is 3.47. The van der Waals surface area contributed by atoms with Crippen molar-refractivity contribution in [3.05, 3.63) is 42.0 Å². The zero-order valence-electron chi connectivity index (χ0n) is 9.94. The van der Waals surface area contributed by atoms with Gasteiger partial charge in [-0.25, -0.2) is 0 Å². The van der Waals surface area contributed by atoms with Gasteiger partial charge in [0.05, 0.1) is 12.7 Å². The van der Waals surface area contributed by atoms with Gasteiger partial charge in [-0.2, -0.15) is 0 Å². The summed E-state index contributed by atoms with van der Waals surface area (Å²) in [4.78, 5) is 0. The zero-order valence-corrected chi connectivity index (χ0v) is 9.94. The lowest BCUT2D eigenvalue weighted by Gasteiger charge is -2.09. The van der Waals surface area contributed by atoms with Gasteiger partial charge in [-0.1, -0.05) is 24.3 Å². The Morgan fingerprint density at radius 1 is 1.12 bits per heavy atom. The summed E-state index contributed by atoms with van der Waals surface area (Å²) in [5.41, 5.74) is 0.794. The first kappa shape index (κ1) is 10.6. The van der Waals surface area contributed by atoms with Crippen LogP contribution in [0.2, 0.25) is 0 Å². The number of hydrogen-bond donors (Lipinski definition) is 1. The maximum absolute atomic E-state index is 9.92. The molecule has 0 saturated heterocycles.